The summed E-state index contributed by atoms with van der Waals surface area (Å²) < 4.78 is 0. The summed E-state index contributed by atoms with van der Waals surface area (Å²) >= 11 is 0. The molecule has 0 aromatic carbocycles. The number of anilines is 1. The first-order valence-electron chi connectivity index (χ1n) is 5.23. The molecule has 0 spiro atoms. The molecular formula is C11H14N4O. The van der Waals surface area contributed by atoms with Crippen LogP contribution in [0.5, 0.6) is 0 Å². The van der Waals surface area contributed by atoms with Crippen LogP contribution in [0.1, 0.15) is 18.4 Å². The van der Waals surface area contributed by atoms with Crippen molar-refractivity contribution in [3.8, 4) is 0 Å². The van der Waals surface area contributed by atoms with E-state index >= 15 is 0 Å². The fourth-order valence-electron chi connectivity index (χ4n) is 1.60. The third kappa shape index (κ3) is 2.09. The van der Waals surface area contributed by atoms with Gasteiger partial charge < -0.3 is 5.73 Å². The number of hydrogen-bond acceptors (Lipinski definition) is 4. The van der Waals surface area contributed by atoms with Gasteiger partial charge in [0.2, 0.25) is 0 Å². The van der Waals surface area contributed by atoms with Crippen molar-refractivity contribution in [2.24, 2.45) is 10.8 Å². The number of nitrogens with two attached hydrogens (primary N) is 1. The summed E-state index contributed by atoms with van der Waals surface area (Å²) in [7, 11) is 0. The maximum Gasteiger partial charge on any atom is 0.254 e. The van der Waals surface area contributed by atoms with Crippen LogP contribution in [-0.4, -0.2) is 23.1 Å². The van der Waals surface area contributed by atoms with E-state index in [9.17, 15) is 4.79 Å². The lowest BCUT2D eigenvalue weighted by Crippen LogP contribution is -2.20. The number of carbonyl (C=O) groups is 1. The molecule has 1 aromatic rings. The Morgan fingerprint density at radius 2 is 2.38 bits per heavy atom. The molecule has 2 heterocycles. The Morgan fingerprint density at radius 1 is 1.56 bits per heavy atom. The van der Waals surface area contributed by atoms with Crippen molar-refractivity contribution >= 4 is 17.4 Å². The van der Waals surface area contributed by atoms with Crippen LogP contribution in [0.15, 0.2) is 23.4 Å². The molecule has 0 unspecified atom stereocenters. The zero-order chi connectivity index (χ0) is 11.5. The summed E-state index contributed by atoms with van der Waals surface area (Å²) in [4.78, 5) is 15.8. The molecule has 0 fully saturated rings. The molecule has 0 radical (unpaired) electrons. The Morgan fingerprint density at radius 3 is 3.06 bits per heavy atom. The lowest BCUT2D eigenvalue weighted by Gasteiger charge is -2.10. The number of hydrogen-bond donors (Lipinski definition) is 1. The van der Waals surface area contributed by atoms with Gasteiger partial charge in [-0.2, -0.15) is 10.1 Å². The minimum absolute atomic E-state index is 0.0402. The van der Waals surface area contributed by atoms with Crippen LogP contribution in [0, 0.1) is 6.92 Å². The minimum Gasteiger partial charge on any atom is -0.330 e. The molecule has 1 aliphatic rings. The van der Waals surface area contributed by atoms with Crippen molar-refractivity contribution in [3.63, 3.8) is 0 Å². The van der Waals surface area contributed by atoms with Gasteiger partial charge in [0.25, 0.3) is 5.91 Å². The standard InChI is InChI=1S/C11H14N4O/c1-8-3-5-13-10(6-8)15-11(16)7-9(14-15)2-4-12/h3,5-6H,2,4,7,12H2,1H3. The SMILES string of the molecule is Cc1ccnc(N2N=C(CCN)CC2=O)c1. The van der Waals surface area contributed by atoms with Crippen molar-refractivity contribution < 1.29 is 4.79 Å². The summed E-state index contributed by atoms with van der Waals surface area (Å²) in [5, 5.41) is 5.59. The number of pyridine rings is 1. The van der Waals surface area contributed by atoms with Gasteiger partial charge in [-0.25, -0.2) is 4.98 Å². The molecule has 0 saturated heterocycles. The molecule has 1 amide bonds. The third-order valence-corrected chi connectivity index (χ3v) is 2.38. The maximum absolute atomic E-state index is 11.7. The van der Waals surface area contributed by atoms with Crippen molar-refractivity contribution in [1.29, 1.82) is 0 Å². The molecule has 16 heavy (non-hydrogen) atoms. The lowest BCUT2D eigenvalue weighted by atomic mass is 10.2. The number of aryl methyl sites for hydroxylation is 1. The molecular weight excluding hydrogens is 204 g/mol. The average Bonchev–Trinajstić information content (AvgIpc) is 2.60. The van der Waals surface area contributed by atoms with Crippen LogP contribution in [0.2, 0.25) is 0 Å². The monoisotopic (exact) mass is 218 g/mol. The van der Waals surface area contributed by atoms with Gasteiger partial charge in [-0.15, -0.1) is 0 Å². The first-order chi connectivity index (χ1) is 7.70. The highest BCUT2D eigenvalue weighted by atomic mass is 16.2. The molecule has 0 atom stereocenters. The van der Waals surface area contributed by atoms with Crippen LogP contribution < -0.4 is 10.7 Å². The molecule has 1 aliphatic heterocycles. The van der Waals surface area contributed by atoms with E-state index in [4.69, 9.17) is 5.73 Å². The number of rotatable bonds is 3. The lowest BCUT2D eigenvalue weighted by molar-refractivity contribution is -0.116. The zero-order valence-corrected chi connectivity index (χ0v) is 9.18. The van der Waals surface area contributed by atoms with E-state index in [-0.39, 0.29) is 5.91 Å². The van der Waals surface area contributed by atoms with Crippen LogP contribution >= 0.6 is 0 Å². The normalized spacial score (nSPS) is 15.5. The van der Waals surface area contributed by atoms with Gasteiger partial charge >= 0.3 is 0 Å². The van der Waals surface area contributed by atoms with Gasteiger partial charge in [0.1, 0.15) is 0 Å². The van der Waals surface area contributed by atoms with Crippen molar-refractivity contribution in [1.82, 2.24) is 4.98 Å². The number of nitrogens with zero attached hydrogens (tertiary/aromatic N) is 3. The first-order valence-corrected chi connectivity index (χ1v) is 5.23. The Hall–Kier alpha value is -1.75. The second-order valence-electron chi connectivity index (χ2n) is 3.78. The topological polar surface area (TPSA) is 71.6 Å². The molecule has 2 rings (SSSR count). The van der Waals surface area contributed by atoms with E-state index in [1.165, 1.54) is 5.01 Å². The number of carbonyl (C=O) groups excluding carboxylic acids is 1. The quantitative estimate of drug-likeness (QED) is 0.816. The van der Waals surface area contributed by atoms with Crippen LogP contribution in [0.25, 0.3) is 0 Å². The Kier molecular flexibility index (Phi) is 2.96. The number of hydrazone groups is 1. The molecule has 0 aliphatic carbocycles. The van der Waals surface area contributed by atoms with Crippen LogP contribution in [-0.2, 0) is 4.79 Å². The van der Waals surface area contributed by atoms with Gasteiger partial charge in [0.15, 0.2) is 5.82 Å². The van der Waals surface area contributed by atoms with E-state index in [0.29, 0.717) is 25.2 Å². The van der Waals surface area contributed by atoms with Gasteiger partial charge in [0, 0.05) is 18.3 Å². The van der Waals surface area contributed by atoms with Gasteiger partial charge in [-0.3, -0.25) is 4.79 Å². The zero-order valence-electron chi connectivity index (χ0n) is 9.18. The summed E-state index contributed by atoms with van der Waals surface area (Å²) in [5.74, 6) is 0.540. The molecule has 1 aromatic heterocycles. The second-order valence-corrected chi connectivity index (χ2v) is 3.78. The average molecular weight is 218 g/mol. The highest BCUT2D eigenvalue weighted by Crippen LogP contribution is 2.19. The van der Waals surface area contributed by atoms with Crippen LogP contribution in [0.3, 0.4) is 0 Å². The van der Waals surface area contributed by atoms with Crippen LogP contribution in [0.4, 0.5) is 5.82 Å². The summed E-state index contributed by atoms with van der Waals surface area (Å²) in [6.45, 7) is 2.47. The molecule has 0 saturated carbocycles. The predicted molar refractivity (Wildman–Crippen MR) is 62.2 cm³/mol. The summed E-state index contributed by atoms with van der Waals surface area (Å²) in [5.41, 5.74) is 7.32. The maximum atomic E-state index is 11.7. The minimum atomic E-state index is -0.0402. The molecule has 5 heteroatoms. The largest absolute Gasteiger partial charge is 0.330 e. The van der Waals surface area contributed by atoms with Gasteiger partial charge in [-0.1, -0.05) is 0 Å². The molecule has 0 bridgehead atoms. The number of aromatic nitrogens is 1. The Bertz CT molecular complexity index is 441. The number of amides is 1. The highest BCUT2D eigenvalue weighted by Gasteiger charge is 2.25. The third-order valence-electron chi connectivity index (χ3n) is 2.38. The molecule has 84 valence electrons. The summed E-state index contributed by atoms with van der Waals surface area (Å²) in [6.07, 6.45) is 2.69. The van der Waals surface area contributed by atoms with Gasteiger partial charge in [0.05, 0.1) is 6.42 Å². The summed E-state index contributed by atoms with van der Waals surface area (Å²) in [6, 6.07) is 3.72. The van der Waals surface area contributed by atoms with E-state index in [0.717, 1.165) is 11.3 Å². The Balaban J connectivity index is 2.24. The van der Waals surface area contributed by atoms with Crippen molar-refractivity contribution in [2.45, 2.75) is 19.8 Å². The fourth-order valence-corrected chi connectivity index (χ4v) is 1.60. The van der Waals surface area contributed by atoms with E-state index in [2.05, 4.69) is 10.1 Å². The smallest absolute Gasteiger partial charge is 0.254 e. The second kappa shape index (κ2) is 4.40. The fraction of sp³-hybridized carbons (Fsp3) is 0.364. The first kappa shape index (κ1) is 10.8. The molecule has 2 N–H and O–H groups in total. The van der Waals surface area contributed by atoms with E-state index < -0.39 is 0 Å². The van der Waals surface area contributed by atoms with Crippen molar-refractivity contribution in [3.05, 3.63) is 23.9 Å². The van der Waals surface area contributed by atoms with Gasteiger partial charge in [-0.05, 0) is 31.2 Å². The van der Waals surface area contributed by atoms with Crippen molar-refractivity contribution in [2.75, 3.05) is 11.6 Å². The van der Waals surface area contributed by atoms with E-state index in [1.54, 1.807) is 6.20 Å². The highest BCUT2D eigenvalue weighted by molar-refractivity contribution is 6.12. The van der Waals surface area contributed by atoms with E-state index in [1.807, 2.05) is 19.1 Å². The Labute approximate surface area is 94.0 Å². The molecule has 5 nitrogen and oxygen atoms in total. The predicted octanol–water partition coefficient (Wildman–Crippen LogP) is 0.832.